The van der Waals surface area contributed by atoms with Gasteiger partial charge in [0.15, 0.2) is 5.13 Å². The maximum absolute atomic E-state index is 6.17. The molecule has 0 aliphatic carbocycles. The van der Waals surface area contributed by atoms with Crippen molar-refractivity contribution in [3.05, 3.63) is 44.3 Å². The number of hydrogen-bond acceptors (Lipinski definition) is 4. The lowest BCUT2D eigenvalue weighted by atomic mass is 10.2. The molecule has 3 nitrogen and oxygen atoms in total. The largest absolute Gasteiger partial charge is 0.375 e. The van der Waals surface area contributed by atoms with Crippen LogP contribution in [0.4, 0.5) is 5.13 Å². The Morgan fingerprint density at radius 1 is 1.42 bits per heavy atom. The molecule has 0 amide bonds. The van der Waals surface area contributed by atoms with Crippen molar-refractivity contribution in [1.82, 2.24) is 9.88 Å². The summed E-state index contributed by atoms with van der Waals surface area (Å²) in [6, 6.07) is 5.88. The summed E-state index contributed by atoms with van der Waals surface area (Å²) >= 11 is 11.1. The summed E-state index contributed by atoms with van der Waals surface area (Å²) in [7, 11) is 2.05. The second-order valence-electron chi connectivity index (χ2n) is 4.07. The van der Waals surface area contributed by atoms with Gasteiger partial charge in [0.1, 0.15) is 0 Å². The average molecular weight is 383 g/mol. The molecule has 0 saturated carbocycles. The summed E-state index contributed by atoms with van der Waals surface area (Å²) in [6.07, 6.45) is 1.82. The Hall–Kier alpha value is -0.330. The smallest absolute Gasteiger partial charge is 0.180 e. The van der Waals surface area contributed by atoms with Crippen molar-refractivity contribution in [2.24, 2.45) is 0 Å². The summed E-state index contributed by atoms with van der Waals surface area (Å²) in [4.78, 5) is 7.38. The van der Waals surface area contributed by atoms with Crippen LogP contribution in [0.2, 0.25) is 5.02 Å². The van der Waals surface area contributed by atoms with E-state index in [0.717, 1.165) is 33.0 Å². The first-order valence-electron chi connectivity index (χ1n) is 5.37. The minimum Gasteiger partial charge on any atom is -0.375 e. The number of halogens is 3. The highest BCUT2D eigenvalue weighted by molar-refractivity contribution is 9.10. The van der Waals surface area contributed by atoms with E-state index in [4.69, 9.17) is 17.3 Å². The normalized spacial score (nSPS) is 10.5. The van der Waals surface area contributed by atoms with Crippen molar-refractivity contribution >= 4 is 56.4 Å². The standard InChI is InChI=1S/C12H13BrClN3S.ClH/c1-17(7-10-5-16-12(15)18-10)6-8-4-9(13)2-3-11(8)14;/h2-5H,6-7H2,1H3,(H2,15,16);1H. The van der Waals surface area contributed by atoms with Gasteiger partial charge in [0, 0.05) is 33.7 Å². The van der Waals surface area contributed by atoms with Crippen LogP contribution in [0.15, 0.2) is 28.9 Å². The molecule has 0 bridgehead atoms. The number of thiazole rings is 1. The first-order valence-corrected chi connectivity index (χ1v) is 7.36. The van der Waals surface area contributed by atoms with Gasteiger partial charge in [-0.15, -0.1) is 23.7 Å². The van der Waals surface area contributed by atoms with Gasteiger partial charge in [-0.05, 0) is 30.8 Å². The van der Waals surface area contributed by atoms with Crippen LogP contribution in [0, 0.1) is 0 Å². The Kier molecular flexibility index (Phi) is 6.56. The zero-order valence-corrected chi connectivity index (χ0v) is 14.2. The number of nitrogens with zero attached hydrogens (tertiary/aromatic N) is 2. The first-order chi connectivity index (χ1) is 8.54. The maximum atomic E-state index is 6.17. The van der Waals surface area contributed by atoms with Crippen molar-refractivity contribution in [3.63, 3.8) is 0 Å². The third kappa shape index (κ3) is 4.93. The second kappa shape index (κ2) is 7.45. The fraction of sp³-hybridized carbons (Fsp3) is 0.250. The Morgan fingerprint density at radius 3 is 2.79 bits per heavy atom. The molecule has 0 atom stereocenters. The van der Waals surface area contributed by atoms with Crippen LogP contribution in [0.5, 0.6) is 0 Å². The van der Waals surface area contributed by atoms with Crippen LogP contribution in [-0.4, -0.2) is 16.9 Å². The van der Waals surface area contributed by atoms with E-state index in [2.05, 4.69) is 25.8 Å². The van der Waals surface area contributed by atoms with E-state index in [1.165, 1.54) is 11.3 Å². The third-order valence-electron chi connectivity index (χ3n) is 2.45. The van der Waals surface area contributed by atoms with Crippen LogP contribution in [0.1, 0.15) is 10.4 Å². The minimum absolute atomic E-state index is 0. The van der Waals surface area contributed by atoms with E-state index in [1.807, 2.05) is 31.4 Å². The van der Waals surface area contributed by atoms with Gasteiger partial charge < -0.3 is 5.73 Å². The lowest BCUT2D eigenvalue weighted by Gasteiger charge is -2.16. The molecule has 0 saturated heterocycles. The van der Waals surface area contributed by atoms with E-state index in [-0.39, 0.29) is 12.4 Å². The van der Waals surface area contributed by atoms with Crippen molar-refractivity contribution in [3.8, 4) is 0 Å². The fourth-order valence-corrected chi connectivity index (χ4v) is 3.02. The monoisotopic (exact) mass is 381 g/mol. The van der Waals surface area contributed by atoms with Gasteiger partial charge in [0.05, 0.1) is 0 Å². The Labute approximate surface area is 136 Å². The number of aromatic nitrogens is 1. The van der Waals surface area contributed by atoms with E-state index >= 15 is 0 Å². The predicted molar refractivity (Wildman–Crippen MR) is 88.1 cm³/mol. The van der Waals surface area contributed by atoms with Gasteiger partial charge in [-0.1, -0.05) is 27.5 Å². The molecule has 1 aromatic carbocycles. The highest BCUT2D eigenvalue weighted by atomic mass is 79.9. The van der Waals surface area contributed by atoms with Crippen LogP contribution in [-0.2, 0) is 13.1 Å². The van der Waals surface area contributed by atoms with Crippen molar-refractivity contribution in [1.29, 1.82) is 0 Å². The molecule has 7 heteroatoms. The molecule has 0 unspecified atom stereocenters. The summed E-state index contributed by atoms with van der Waals surface area (Å²) < 4.78 is 1.04. The van der Waals surface area contributed by atoms with Gasteiger partial charge >= 0.3 is 0 Å². The fourth-order valence-electron chi connectivity index (χ4n) is 1.67. The van der Waals surface area contributed by atoms with Crippen LogP contribution >= 0.6 is 51.3 Å². The average Bonchev–Trinajstić information content (AvgIpc) is 2.69. The molecule has 2 aromatic rings. The summed E-state index contributed by atoms with van der Waals surface area (Å²) in [5.74, 6) is 0. The van der Waals surface area contributed by atoms with Crippen molar-refractivity contribution in [2.45, 2.75) is 13.1 Å². The lowest BCUT2D eigenvalue weighted by molar-refractivity contribution is 0.322. The molecule has 1 heterocycles. The van der Waals surface area contributed by atoms with Crippen LogP contribution in [0.3, 0.4) is 0 Å². The van der Waals surface area contributed by atoms with E-state index in [0.29, 0.717) is 5.13 Å². The highest BCUT2D eigenvalue weighted by Gasteiger charge is 2.07. The van der Waals surface area contributed by atoms with Crippen LogP contribution < -0.4 is 5.73 Å². The zero-order chi connectivity index (χ0) is 13.1. The molecule has 0 spiro atoms. The van der Waals surface area contributed by atoms with Crippen LogP contribution in [0.25, 0.3) is 0 Å². The number of rotatable bonds is 4. The molecule has 0 fully saturated rings. The third-order valence-corrected chi connectivity index (χ3v) is 4.12. The predicted octanol–water partition coefficient (Wildman–Crippen LogP) is 4.20. The van der Waals surface area contributed by atoms with E-state index < -0.39 is 0 Å². The first kappa shape index (κ1) is 16.7. The molecule has 1 aromatic heterocycles. The maximum Gasteiger partial charge on any atom is 0.180 e. The van der Waals surface area contributed by atoms with E-state index in [1.54, 1.807) is 0 Å². The summed E-state index contributed by atoms with van der Waals surface area (Å²) in [6.45, 7) is 1.60. The number of benzene rings is 1. The number of nitrogen functional groups attached to an aromatic ring is 1. The summed E-state index contributed by atoms with van der Waals surface area (Å²) in [5.41, 5.74) is 6.72. The lowest BCUT2D eigenvalue weighted by Crippen LogP contribution is -2.16. The number of anilines is 1. The molecule has 0 radical (unpaired) electrons. The molecular formula is C12H14BrCl2N3S. The molecule has 104 valence electrons. The quantitative estimate of drug-likeness (QED) is 0.861. The minimum atomic E-state index is 0. The van der Waals surface area contributed by atoms with E-state index in [9.17, 15) is 0 Å². The Bertz CT molecular complexity index is 548. The molecule has 0 aliphatic heterocycles. The molecule has 0 aliphatic rings. The second-order valence-corrected chi connectivity index (χ2v) is 6.54. The Balaban J connectivity index is 0.00000180. The SMILES string of the molecule is CN(Cc1cnc(N)s1)Cc1cc(Br)ccc1Cl.Cl. The van der Waals surface area contributed by atoms with Gasteiger partial charge in [0.2, 0.25) is 0 Å². The molecule has 2 N–H and O–H groups in total. The topological polar surface area (TPSA) is 42.2 Å². The zero-order valence-electron chi connectivity index (χ0n) is 10.3. The molecule has 2 rings (SSSR count). The summed E-state index contributed by atoms with van der Waals surface area (Å²) in [5, 5.41) is 1.40. The molecule has 19 heavy (non-hydrogen) atoms. The van der Waals surface area contributed by atoms with Crippen molar-refractivity contribution in [2.75, 3.05) is 12.8 Å². The van der Waals surface area contributed by atoms with Gasteiger partial charge in [-0.25, -0.2) is 4.98 Å². The van der Waals surface area contributed by atoms with Gasteiger partial charge in [-0.2, -0.15) is 0 Å². The highest BCUT2D eigenvalue weighted by Crippen LogP contribution is 2.23. The number of nitrogens with two attached hydrogens (primary N) is 1. The van der Waals surface area contributed by atoms with Gasteiger partial charge in [0.25, 0.3) is 0 Å². The number of hydrogen-bond donors (Lipinski definition) is 1. The Morgan fingerprint density at radius 2 is 2.16 bits per heavy atom. The van der Waals surface area contributed by atoms with Crippen molar-refractivity contribution < 1.29 is 0 Å². The van der Waals surface area contributed by atoms with Gasteiger partial charge in [-0.3, -0.25) is 4.90 Å². The molecular weight excluding hydrogens is 369 g/mol.